The van der Waals surface area contributed by atoms with Gasteiger partial charge < -0.3 is 53.7 Å². The van der Waals surface area contributed by atoms with Crippen LogP contribution in [0.5, 0.6) is 34.5 Å². The topological polar surface area (TPSA) is 168 Å². The van der Waals surface area contributed by atoms with Crippen LogP contribution in [0.25, 0.3) is 6.08 Å². The van der Waals surface area contributed by atoms with Crippen molar-refractivity contribution >= 4 is 40.9 Å². The number of hydrogen-bond acceptors (Lipinski definition) is 11. The summed E-state index contributed by atoms with van der Waals surface area (Å²) in [5, 5.41) is 31.6. The van der Waals surface area contributed by atoms with Gasteiger partial charge in [-0.15, -0.1) is 0 Å². The Morgan fingerprint density at radius 3 is 1.18 bits per heavy atom. The molecule has 0 spiro atoms. The smallest absolute Gasteiger partial charge is 0.236 e. The van der Waals surface area contributed by atoms with Crippen molar-refractivity contribution in [2.75, 3.05) is 36.0 Å². The fraction of sp³-hybridized carbons (Fsp3) is 0.180. The predicted molar refractivity (Wildman–Crippen MR) is 404 cm³/mol. The Labute approximate surface area is 602 Å². The number of β-lactam (4-membered cyclic amide) rings is 3. The average molecular weight is 1370 g/mol. The van der Waals surface area contributed by atoms with Crippen molar-refractivity contribution in [1.29, 1.82) is 0 Å². The van der Waals surface area contributed by atoms with Gasteiger partial charge in [0.05, 0.1) is 69.4 Å². The molecule has 0 saturated carbocycles. The van der Waals surface area contributed by atoms with E-state index in [0.717, 1.165) is 85.4 Å². The van der Waals surface area contributed by atoms with Crippen LogP contribution in [-0.2, 0) is 40.4 Å². The molecule has 3 aliphatic heterocycles. The van der Waals surface area contributed by atoms with Gasteiger partial charge in [-0.3, -0.25) is 14.4 Å². The Morgan fingerprint density at radius 1 is 0.388 bits per heavy atom. The van der Waals surface area contributed by atoms with Crippen LogP contribution < -0.4 is 38.4 Å². The van der Waals surface area contributed by atoms with Gasteiger partial charge in [0.2, 0.25) is 17.7 Å². The zero-order chi connectivity index (χ0) is 71.4. The number of phenols is 1. The SMILES string of the molecule is COc1ccc(N2C(=O)[C@H](/C=C/Cc3ccccc3)[C@H]2c2ccc(OCc3ccccc3)cc2)cc1.COc1ccc(N2C(=O)[C@H](C(O)/C=C/c3ccccc3)[C@H]2c2ccc(OCc3ccccc3)cc2)cc1.COc1ccc(N2C(=O)[C@H](C(O)CCc3ccccc3)[C@H]2c2ccc(O)cc2)cc1. The lowest BCUT2D eigenvalue weighted by Gasteiger charge is -2.49. The zero-order valence-corrected chi connectivity index (χ0v) is 57.7. The third-order valence-electron chi connectivity index (χ3n) is 18.8. The van der Waals surface area contributed by atoms with Gasteiger partial charge in [0.25, 0.3) is 0 Å². The Bertz CT molecular complexity index is 4550. The lowest BCUT2D eigenvalue weighted by atomic mass is 9.76. The maximum Gasteiger partial charge on any atom is 0.236 e. The molecule has 2 unspecified atom stereocenters. The number of hydrogen-bond donors (Lipinski definition) is 3. The Balaban J connectivity index is 0.000000146. The third kappa shape index (κ3) is 17.4. The van der Waals surface area contributed by atoms with E-state index in [2.05, 4.69) is 36.4 Å². The van der Waals surface area contributed by atoms with Gasteiger partial charge in [0.1, 0.15) is 47.7 Å². The number of aryl methyl sites for hydroxylation is 1. The van der Waals surface area contributed by atoms with Crippen LogP contribution in [-0.4, -0.2) is 66.6 Å². The number of carbonyl (C=O) groups is 3. The first-order chi connectivity index (χ1) is 50.4. The van der Waals surface area contributed by atoms with E-state index in [9.17, 15) is 29.7 Å². The zero-order valence-electron chi connectivity index (χ0n) is 57.7. The highest BCUT2D eigenvalue weighted by molar-refractivity contribution is 6.05. The number of ether oxygens (including phenoxy) is 5. The molecule has 520 valence electrons. The molecule has 0 radical (unpaired) electrons. The predicted octanol–water partition coefficient (Wildman–Crippen LogP) is 16.9. The second kappa shape index (κ2) is 34.4. The number of aliphatic hydroxyl groups is 2. The van der Waals surface area contributed by atoms with Crippen LogP contribution in [0.3, 0.4) is 0 Å². The summed E-state index contributed by atoms with van der Waals surface area (Å²) in [4.78, 5) is 45.1. The maximum absolute atomic E-state index is 13.4. The quantitative estimate of drug-likeness (QED) is 0.0368. The lowest BCUT2D eigenvalue weighted by molar-refractivity contribution is -0.136. The van der Waals surface area contributed by atoms with Crippen LogP contribution in [0, 0.1) is 17.8 Å². The summed E-state index contributed by atoms with van der Waals surface area (Å²) in [6, 6.07) is 94.4. The van der Waals surface area contributed by atoms with Gasteiger partial charge in [-0.25, -0.2) is 0 Å². The minimum absolute atomic E-state index is 0.0823. The Kier molecular flexibility index (Phi) is 23.7. The van der Waals surface area contributed by atoms with Crippen molar-refractivity contribution in [3.63, 3.8) is 0 Å². The molecule has 3 saturated heterocycles. The van der Waals surface area contributed by atoms with Crippen molar-refractivity contribution < 1.29 is 53.4 Å². The van der Waals surface area contributed by atoms with Crippen LogP contribution in [0.15, 0.2) is 315 Å². The molecule has 0 bridgehead atoms. The van der Waals surface area contributed by atoms with Crippen LogP contribution >= 0.6 is 0 Å². The van der Waals surface area contributed by atoms with Crippen molar-refractivity contribution in [2.45, 2.75) is 62.8 Å². The van der Waals surface area contributed by atoms with Gasteiger partial charge in [-0.2, -0.15) is 0 Å². The average Bonchev–Trinajstić information content (AvgIpc) is 0.747. The fourth-order valence-electron chi connectivity index (χ4n) is 13.3. The summed E-state index contributed by atoms with van der Waals surface area (Å²) in [5.74, 6) is 2.45. The van der Waals surface area contributed by atoms with E-state index in [1.807, 2.05) is 260 Å². The van der Waals surface area contributed by atoms with Gasteiger partial charge in [-0.05, 0) is 173 Å². The molecule has 0 aromatic heterocycles. The summed E-state index contributed by atoms with van der Waals surface area (Å²) < 4.78 is 27.7. The molecular weight excluding hydrogens is 1290 g/mol. The van der Waals surface area contributed by atoms with Crippen LogP contribution in [0.2, 0.25) is 0 Å². The summed E-state index contributed by atoms with van der Waals surface area (Å²) in [6.45, 7) is 0.997. The second-order valence-electron chi connectivity index (χ2n) is 25.4. The molecule has 14 nitrogen and oxygen atoms in total. The van der Waals surface area contributed by atoms with E-state index in [1.54, 1.807) is 61.5 Å². The third-order valence-corrected chi connectivity index (χ3v) is 18.8. The van der Waals surface area contributed by atoms with E-state index in [1.165, 1.54) is 5.56 Å². The summed E-state index contributed by atoms with van der Waals surface area (Å²) in [7, 11) is 4.85. The molecule has 103 heavy (non-hydrogen) atoms. The normalized spacial score (nSPS) is 18.0. The standard InChI is InChI=1S/C32H29NO4.C32H29NO3.C25H25NO4/c1-36-27-19-15-26(16-20-27)33-31(30(32(33)35)29(34)21-12-23-8-4-2-5-9-23)25-13-17-28(18-14-25)37-22-24-10-6-3-7-11-24;1-35-28-21-17-27(18-22-28)33-31(30(32(33)34)14-8-13-24-9-4-2-5-10-24)26-15-19-29(20-16-26)36-23-25-11-6-3-7-12-25;1-30-21-14-10-19(11-15-21)26-24(18-8-12-20(27)13-9-18)23(25(26)29)22(28)16-7-17-5-3-2-4-6-17/h2-21,29-31,34H,22H2,1H3;2-12,14-22,30-31H,13,23H2,1H3;2-6,8-15,22-24,27-28H,7,16H2,1H3/b21-12+;14-8+;/t29?,30-,31-;30-,31-;22?,23-,24-/m111/s1. The molecule has 11 aromatic rings. The first-order valence-electron chi connectivity index (χ1n) is 34.5. The molecule has 3 amide bonds. The maximum atomic E-state index is 13.4. The highest BCUT2D eigenvalue weighted by Gasteiger charge is 2.53. The number of carbonyl (C=O) groups excluding carboxylic acids is 3. The first kappa shape index (κ1) is 70.9. The van der Waals surface area contributed by atoms with Gasteiger partial charge in [0, 0.05) is 17.1 Å². The minimum Gasteiger partial charge on any atom is -0.508 e. The number of allylic oxidation sites excluding steroid dienone is 1. The van der Waals surface area contributed by atoms with Crippen LogP contribution in [0.1, 0.15) is 69.1 Å². The number of rotatable bonds is 25. The molecule has 3 fully saturated rings. The highest BCUT2D eigenvalue weighted by Crippen LogP contribution is 2.49. The molecule has 3 heterocycles. The largest absolute Gasteiger partial charge is 0.508 e. The molecule has 11 aromatic carbocycles. The highest BCUT2D eigenvalue weighted by atomic mass is 16.5. The minimum atomic E-state index is -0.929. The first-order valence-corrected chi connectivity index (χ1v) is 34.5. The molecule has 8 atom stereocenters. The van der Waals surface area contributed by atoms with E-state index >= 15 is 0 Å². The number of anilines is 3. The van der Waals surface area contributed by atoms with Gasteiger partial charge >= 0.3 is 0 Å². The summed E-state index contributed by atoms with van der Waals surface area (Å²) in [6.07, 6.45) is 8.04. The summed E-state index contributed by atoms with van der Waals surface area (Å²) in [5.41, 5.74) is 10.8. The number of amides is 3. The number of nitrogens with zero attached hydrogens (tertiary/aromatic N) is 3. The van der Waals surface area contributed by atoms with Crippen LogP contribution in [0.4, 0.5) is 17.1 Å². The lowest BCUT2D eigenvalue weighted by Crippen LogP contribution is -2.59. The summed E-state index contributed by atoms with van der Waals surface area (Å²) >= 11 is 0. The number of benzene rings is 11. The van der Waals surface area contributed by atoms with E-state index in [-0.39, 0.29) is 47.5 Å². The monoisotopic (exact) mass is 1370 g/mol. The number of phenolic OH excluding ortho intramolecular Hbond substituents is 1. The van der Waals surface area contributed by atoms with Crippen molar-refractivity contribution in [1.82, 2.24) is 0 Å². The number of aliphatic hydroxyl groups excluding tert-OH is 2. The molecule has 14 rings (SSSR count). The fourth-order valence-corrected chi connectivity index (χ4v) is 13.3. The molecular formula is C89H83N3O11. The van der Waals surface area contributed by atoms with Gasteiger partial charge in [0.15, 0.2) is 0 Å². The van der Waals surface area contributed by atoms with E-state index < -0.39 is 24.0 Å². The number of methoxy groups -OCH3 is 3. The molecule has 3 N–H and O–H groups in total. The number of aromatic hydroxyl groups is 1. The Morgan fingerprint density at radius 2 is 0.748 bits per heavy atom. The van der Waals surface area contributed by atoms with E-state index in [4.69, 9.17) is 23.7 Å². The molecule has 0 aliphatic carbocycles. The molecule has 3 aliphatic rings. The van der Waals surface area contributed by atoms with Crippen molar-refractivity contribution in [3.8, 4) is 34.5 Å². The van der Waals surface area contributed by atoms with E-state index in [0.29, 0.717) is 31.8 Å². The molecule has 14 heteroatoms. The van der Waals surface area contributed by atoms with Crippen molar-refractivity contribution in [2.24, 2.45) is 17.8 Å². The van der Waals surface area contributed by atoms with Gasteiger partial charge in [-0.1, -0.05) is 212 Å². The Hall–Kier alpha value is -12.0. The second-order valence-corrected chi connectivity index (χ2v) is 25.4. The van der Waals surface area contributed by atoms with Crippen molar-refractivity contribution in [3.05, 3.63) is 360 Å².